The third kappa shape index (κ3) is 4.92. The Morgan fingerprint density at radius 3 is 2.41 bits per heavy atom. The minimum atomic E-state index is -0.850. The second-order valence-electron chi connectivity index (χ2n) is 9.75. The number of carbonyl (C=O) groups excluding carboxylic acids is 3. The van der Waals surface area contributed by atoms with E-state index in [4.69, 9.17) is 9.47 Å². The normalized spacial score (nSPS) is 26.2. The van der Waals surface area contributed by atoms with Gasteiger partial charge in [0, 0.05) is 26.2 Å². The number of hydrogen-bond acceptors (Lipinski definition) is 6. The molecule has 2 aliphatic heterocycles. The van der Waals surface area contributed by atoms with Crippen LogP contribution in [-0.4, -0.2) is 67.0 Å². The van der Waals surface area contributed by atoms with Crippen molar-refractivity contribution in [2.24, 2.45) is 16.9 Å². The molecule has 2 amide bonds. The highest BCUT2D eigenvalue weighted by Gasteiger charge is 2.46. The molecule has 1 unspecified atom stereocenters. The zero-order chi connectivity index (χ0) is 22.6. The highest BCUT2D eigenvalue weighted by Crippen LogP contribution is 2.38. The molecular formula is C23H36N4O5. The summed E-state index contributed by atoms with van der Waals surface area (Å²) < 4.78 is 11.1. The number of carbonyl (C=O) groups is 3. The summed E-state index contributed by atoms with van der Waals surface area (Å²) in [6.45, 7) is 1.60. The Hall–Kier alpha value is -2.16. The van der Waals surface area contributed by atoms with Gasteiger partial charge in [-0.3, -0.25) is 14.4 Å². The highest BCUT2D eigenvalue weighted by molar-refractivity contribution is 6.38. The van der Waals surface area contributed by atoms with Crippen LogP contribution in [0.5, 0.6) is 0 Å². The Morgan fingerprint density at radius 1 is 1.03 bits per heavy atom. The van der Waals surface area contributed by atoms with Crippen molar-refractivity contribution in [1.29, 1.82) is 0 Å². The molecule has 9 heteroatoms. The molecule has 1 spiro atoms. The molecule has 2 aliphatic carbocycles. The van der Waals surface area contributed by atoms with Crippen LogP contribution in [0.25, 0.3) is 0 Å². The van der Waals surface area contributed by atoms with Gasteiger partial charge in [0.15, 0.2) is 0 Å². The highest BCUT2D eigenvalue weighted by atomic mass is 16.5. The number of hydrogen-bond donors (Lipinski definition) is 2. The SMILES string of the molecule is CN1/C(=N/NC(=O)C(=O)C(NC(=O)C2CCCCC2)C2CCOCC2)OCC12CCCC2. The first kappa shape index (κ1) is 23.0. The van der Waals surface area contributed by atoms with Crippen LogP contribution in [0.3, 0.4) is 0 Å². The summed E-state index contributed by atoms with van der Waals surface area (Å²) in [5, 5.41) is 7.02. The summed E-state index contributed by atoms with van der Waals surface area (Å²) in [6, 6.07) is -0.515. The zero-order valence-electron chi connectivity index (χ0n) is 19.1. The number of amides is 2. The van der Waals surface area contributed by atoms with Gasteiger partial charge >= 0.3 is 11.9 Å². The minimum absolute atomic E-state index is 0.0494. The lowest BCUT2D eigenvalue weighted by Gasteiger charge is -2.31. The monoisotopic (exact) mass is 448 g/mol. The standard InChI is InChI=1S/C23H36N4O5/c1-27-22(32-15-23(27)11-5-6-12-23)26-25-21(30)19(28)18(16-9-13-31-14-10-16)24-20(29)17-7-3-2-4-8-17/h16-18H,2-15H2,1H3,(H,24,29)(H,25,30)/b26-22-. The van der Waals surface area contributed by atoms with Gasteiger partial charge in [0.1, 0.15) is 12.6 Å². The first-order chi connectivity index (χ1) is 15.5. The van der Waals surface area contributed by atoms with Crippen molar-refractivity contribution in [2.75, 3.05) is 26.9 Å². The Kier molecular flexibility index (Phi) is 7.33. The number of ketones is 1. The molecule has 0 radical (unpaired) electrons. The van der Waals surface area contributed by atoms with Gasteiger partial charge < -0.3 is 19.7 Å². The average Bonchev–Trinajstić information content (AvgIpc) is 3.44. The number of nitrogens with zero attached hydrogens (tertiary/aromatic N) is 2. The van der Waals surface area contributed by atoms with Crippen LogP contribution in [-0.2, 0) is 23.9 Å². The van der Waals surface area contributed by atoms with Crippen LogP contribution in [0.1, 0.15) is 70.6 Å². The van der Waals surface area contributed by atoms with Gasteiger partial charge in [-0.05, 0) is 44.4 Å². The Labute approximate surface area is 189 Å². The van der Waals surface area contributed by atoms with Crippen molar-refractivity contribution >= 4 is 23.6 Å². The molecule has 0 aromatic rings. The molecular weight excluding hydrogens is 412 g/mol. The quantitative estimate of drug-likeness (QED) is 0.473. The summed E-state index contributed by atoms with van der Waals surface area (Å²) in [7, 11) is 1.92. The number of hydrazone groups is 1. The van der Waals surface area contributed by atoms with E-state index in [1.807, 2.05) is 11.9 Å². The van der Waals surface area contributed by atoms with Crippen molar-refractivity contribution in [3.05, 3.63) is 0 Å². The maximum absolute atomic E-state index is 13.1. The summed E-state index contributed by atoms with van der Waals surface area (Å²) in [5.74, 6) is -1.78. The molecule has 178 valence electrons. The van der Waals surface area contributed by atoms with Gasteiger partial charge in [-0.25, -0.2) is 5.43 Å². The van der Waals surface area contributed by atoms with E-state index in [0.717, 1.165) is 57.8 Å². The molecule has 4 rings (SSSR count). The third-order valence-corrected chi connectivity index (χ3v) is 7.77. The van der Waals surface area contributed by atoms with Crippen LogP contribution >= 0.6 is 0 Å². The maximum atomic E-state index is 13.1. The summed E-state index contributed by atoms with van der Waals surface area (Å²) in [6.07, 6.45) is 10.5. The number of Topliss-reactive ketones (excluding diaryl/α,β-unsaturated/α-hetero) is 1. The predicted molar refractivity (Wildman–Crippen MR) is 118 cm³/mol. The molecule has 0 aromatic carbocycles. The fourth-order valence-electron chi connectivity index (χ4n) is 5.59. The Bertz CT molecular complexity index is 737. The van der Waals surface area contributed by atoms with Crippen molar-refractivity contribution < 1.29 is 23.9 Å². The van der Waals surface area contributed by atoms with Gasteiger partial charge in [0.2, 0.25) is 11.7 Å². The van der Waals surface area contributed by atoms with Crippen LogP contribution in [0.4, 0.5) is 0 Å². The molecule has 2 N–H and O–H groups in total. The topological polar surface area (TPSA) is 109 Å². The lowest BCUT2D eigenvalue weighted by Crippen LogP contribution is -2.53. The van der Waals surface area contributed by atoms with Gasteiger partial charge in [-0.2, -0.15) is 0 Å². The van der Waals surface area contributed by atoms with Crippen LogP contribution in [0.2, 0.25) is 0 Å². The maximum Gasteiger partial charge on any atom is 0.309 e. The molecule has 2 saturated carbocycles. The molecule has 4 aliphatic rings. The van der Waals surface area contributed by atoms with E-state index in [1.54, 1.807) is 0 Å². The van der Waals surface area contributed by atoms with Gasteiger partial charge in [-0.1, -0.05) is 32.1 Å². The number of ether oxygens (including phenoxy) is 2. The number of nitrogens with one attached hydrogen (secondary N) is 2. The Balaban J connectivity index is 1.40. The zero-order valence-corrected chi connectivity index (χ0v) is 19.1. The molecule has 0 bridgehead atoms. The fraction of sp³-hybridized carbons (Fsp3) is 0.826. The van der Waals surface area contributed by atoms with E-state index in [0.29, 0.717) is 38.7 Å². The predicted octanol–water partition coefficient (Wildman–Crippen LogP) is 1.71. The smallest absolute Gasteiger partial charge is 0.309 e. The average molecular weight is 449 g/mol. The molecule has 4 fully saturated rings. The second kappa shape index (κ2) is 10.2. The summed E-state index contributed by atoms with van der Waals surface area (Å²) in [4.78, 5) is 40.7. The first-order valence-electron chi connectivity index (χ1n) is 12.2. The first-order valence-corrected chi connectivity index (χ1v) is 12.2. The largest absolute Gasteiger partial charge is 0.461 e. The molecule has 1 atom stereocenters. The lowest BCUT2D eigenvalue weighted by atomic mass is 9.85. The molecule has 9 nitrogen and oxygen atoms in total. The molecule has 2 saturated heterocycles. The van der Waals surface area contributed by atoms with Crippen LogP contribution in [0.15, 0.2) is 5.10 Å². The van der Waals surface area contributed by atoms with Crippen molar-refractivity contribution in [1.82, 2.24) is 15.6 Å². The minimum Gasteiger partial charge on any atom is -0.461 e. The van der Waals surface area contributed by atoms with Gasteiger partial charge in [-0.15, -0.1) is 5.10 Å². The van der Waals surface area contributed by atoms with Crippen LogP contribution in [0, 0.1) is 11.8 Å². The van der Waals surface area contributed by atoms with E-state index in [9.17, 15) is 14.4 Å². The van der Waals surface area contributed by atoms with Crippen molar-refractivity contribution in [3.63, 3.8) is 0 Å². The third-order valence-electron chi connectivity index (χ3n) is 7.77. The molecule has 2 heterocycles. The van der Waals surface area contributed by atoms with Crippen LogP contribution < -0.4 is 10.7 Å². The number of amidine groups is 1. The van der Waals surface area contributed by atoms with Gasteiger partial charge in [0.25, 0.3) is 0 Å². The lowest BCUT2D eigenvalue weighted by molar-refractivity contribution is -0.142. The van der Waals surface area contributed by atoms with E-state index < -0.39 is 17.7 Å². The van der Waals surface area contributed by atoms with E-state index in [1.165, 1.54) is 0 Å². The van der Waals surface area contributed by atoms with Crippen molar-refractivity contribution in [2.45, 2.75) is 82.2 Å². The van der Waals surface area contributed by atoms with Gasteiger partial charge in [0.05, 0.1) is 5.54 Å². The fourth-order valence-corrected chi connectivity index (χ4v) is 5.59. The summed E-state index contributed by atoms with van der Waals surface area (Å²) in [5.41, 5.74) is 2.33. The molecule has 0 aromatic heterocycles. The molecule has 32 heavy (non-hydrogen) atoms. The van der Waals surface area contributed by atoms with E-state index in [2.05, 4.69) is 15.8 Å². The van der Waals surface area contributed by atoms with E-state index >= 15 is 0 Å². The number of rotatable bonds is 6. The van der Waals surface area contributed by atoms with E-state index in [-0.39, 0.29) is 23.3 Å². The Morgan fingerprint density at radius 2 is 1.72 bits per heavy atom. The van der Waals surface area contributed by atoms with Crippen molar-refractivity contribution in [3.8, 4) is 0 Å². The number of likely N-dealkylation sites (N-methyl/N-ethyl adjacent to an activating group) is 1. The summed E-state index contributed by atoms with van der Waals surface area (Å²) >= 11 is 0. The second-order valence-corrected chi connectivity index (χ2v) is 9.75.